The lowest BCUT2D eigenvalue weighted by Gasteiger charge is -2.48. The Hall–Kier alpha value is -7.05. The molecule has 2 aliphatic rings. The fourth-order valence-electron chi connectivity index (χ4n) is 9.87. The van der Waals surface area contributed by atoms with Gasteiger partial charge in [-0.25, -0.2) is 0 Å². The number of aryl methyl sites for hydroxylation is 2. The molecule has 2 aliphatic heterocycles. The van der Waals surface area contributed by atoms with Gasteiger partial charge in [0.1, 0.15) is 0 Å². The van der Waals surface area contributed by atoms with Crippen molar-refractivity contribution in [3.05, 3.63) is 168 Å². The van der Waals surface area contributed by atoms with Gasteiger partial charge in [-0.1, -0.05) is 73.5 Å². The number of nitrogens with zero attached hydrogens (tertiary/aromatic N) is 14. The zero-order valence-electron chi connectivity index (χ0n) is 38.8. The van der Waals surface area contributed by atoms with Gasteiger partial charge in [-0.05, 0) is 87.1 Å². The minimum absolute atomic E-state index is 0.00972. The maximum absolute atomic E-state index is 17.2. The third-order valence-corrected chi connectivity index (χ3v) is 13.2. The topological polar surface area (TPSA) is 165 Å². The van der Waals surface area contributed by atoms with Crippen molar-refractivity contribution >= 4 is 5.78 Å². The van der Waals surface area contributed by atoms with E-state index in [1.807, 2.05) is 36.4 Å². The Labute approximate surface area is 395 Å². The highest BCUT2D eigenvalue weighted by Gasteiger charge is 2.46. The first-order chi connectivity index (χ1) is 33.3. The summed E-state index contributed by atoms with van der Waals surface area (Å²) < 4.78 is 13.3. The summed E-state index contributed by atoms with van der Waals surface area (Å²) >= 11 is 0. The number of ketones is 1. The molecule has 0 N–H and O–H groups in total. The van der Waals surface area contributed by atoms with Crippen molar-refractivity contribution in [3.63, 3.8) is 0 Å². The minimum atomic E-state index is -0.795. The Bertz CT molecular complexity index is 2710. The first-order valence-electron chi connectivity index (χ1n) is 23.5. The minimum Gasteiger partial charge on any atom is -0.375 e. The molecule has 2 fully saturated rings. The van der Waals surface area contributed by atoms with Crippen LogP contribution in [0, 0.1) is 13.8 Å². The van der Waals surface area contributed by atoms with Crippen LogP contribution >= 0.6 is 0 Å². The Morgan fingerprint density at radius 2 is 0.912 bits per heavy atom. The molecule has 8 aromatic rings. The third-order valence-electron chi connectivity index (χ3n) is 13.2. The summed E-state index contributed by atoms with van der Waals surface area (Å²) in [6.45, 7) is 10.3. The summed E-state index contributed by atoms with van der Waals surface area (Å²) in [5, 5.41) is 36.2. The van der Waals surface area contributed by atoms with Crippen molar-refractivity contribution < 1.29 is 14.3 Å². The molecule has 17 heteroatoms. The molecule has 2 unspecified atom stereocenters. The fourth-order valence-corrected chi connectivity index (χ4v) is 9.87. The molecule has 6 atom stereocenters. The Kier molecular flexibility index (Phi) is 13.2. The molecular formula is C51H56N14O3. The predicted octanol–water partition coefficient (Wildman–Crippen LogP) is 6.42. The summed E-state index contributed by atoms with van der Waals surface area (Å²) in [5.41, 5.74) is 8.99. The summed E-state index contributed by atoms with van der Waals surface area (Å²) in [6.07, 6.45) is 15.9. The number of Topliss-reactive ketones (excluding diaryl/α,β-unsaturated/α-hetero) is 1. The van der Waals surface area contributed by atoms with Crippen LogP contribution in [0.5, 0.6) is 0 Å². The molecule has 0 radical (unpaired) electrons. The summed E-state index contributed by atoms with van der Waals surface area (Å²) in [5.74, 6) is 0.00972. The molecule has 6 heterocycles. The Morgan fingerprint density at radius 1 is 0.529 bits per heavy atom. The molecular weight excluding hydrogens is 857 g/mol. The largest absolute Gasteiger partial charge is 0.375 e. The maximum atomic E-state index is 17.2. The zero-order valence-corrected chi connectivity index (χ0v) is 38.8. The standard InChI is InChI=1S/C51H56N14O3/c1-5-43-31-60(41(33-67-43)29-37-9-7-11-39(27-37)62-52-17-18-53-62)49(45-25-35(3)13-15-47(45)64-56-21-22-57-64)51(66)50(46-26-36(4)14-16-48(46)65-58-23-24-59-65)61-32-44(6-2)68-34-42(61)30-38-10-8-12-40(28-38)63-54-19-20-55-63/h7-28,41-44,49-50H,5-6,29-34H2,1-4H3/t41-,42-,43-,44-,49?,50?/m1/s1. The van der Waals surface area contributed by atoms with Gasteiger partial charge >= 0.3 is 0 Å². The van der Waals surface area contributed by atoms with Crippen LogP contribution in [0.25, 0.3) is 22.7 Å². The summed E-state index contributed by atoms with van der Waals surface area (Å²) in [4.78, 5) is 28.5. The monoisotopic (exact) mass is 912 g/mol. The normalized spacial score (nSPS) is 20.1. The highest BCUT2D eigenvalue weighted by Crippen LogP contribution is 2.42. The van der Waals surface area contributed by atoms with Gasteiger partial charge in [0.25, 0.3) is 0 Å². The lowest BCUT2D eigenvalue weighted by Crippen LogP contribution is -2.57. The number of aromatic nitrogens is 12. The number of carbonyl (C=O) groups is 1. The van der Waals surface area contributed by atoms with Gasteiger partial charge in [-0.3, -0.25) is 14.6 Å². The molecule has 17 nitrogen and oxygen atoms in total. The third kappa shape index (κ3) is 9.42. The second kappa shape index (κ2) is 20.0. The first-order valence-corrected chi connectivity index (χ1v) is 23.5. The molecule has 348 valence electrons. The van der Waals surface area contributed by atoms with E-state index < -0.39 is 12.1 Å². The second-order valence-electron chi connectivity index (χ2n) is 17.8. The Morgan fingerprint density at radius 3 is 1.29 bits per heavy atom. The zero-order chi connectivity index (χ0) is 46.6. The van der Waals surface area contributed by atoms with E-state index >= 15 is 4.79 Å². The summed E-state index contributed by atoms with van der Waals surface area (Å²) in [6, 6.07) is 27.0. The Balaban J connectivity index is 1.16. The van der Waals surface area contributed by atoms with Crippen LogP contribution in [0.15, 0.2) is 135 Å². The first kappa shape index (κ1) is 44.8. The molecule has 0 saturated carbocycles. The van der Waals surface area contributed by atoms with Gasteiger partial charge in [0.05, 0.1) is 110 Å². The van der Waals surface area contributed by atoms with E-state index in [9.17, 15) is 0 Å². The van der Waals surface area contributed by atoms with E-state index in [1.54, 1.807) is 68.8 Å². The van der Waals surface area contributed by atoms with Gasteiger partial charge in [0, 0.05) is 36.3 Å². The van der Waals surface area contributed by atoms with Crippen LogP contribution in [0.2, 0.25) is 0 Å². The van der Waals surface area contributed by atoms with Gasteiger partial charge in [-0.2, -0.15) is 60.0 Å². The molecule has 10 rings (SSSR count). The highest BCUT2D eigenvalue weighted by molar-refractivity contribution is 5.93. The molecule has 2 saturated heterocycles. The average molecular weight is 913 g/mol. The van der Waals surface area contributed by atoms with Gasteiger partial charge in [0.2, 0.25) is 0 Å². The molecule has 0 bridgehead atoms. The molecule has 68 heavy (non-hydrogen) atoms. The van der Waals surface area contributed by atoms with E-state index in [0.29, 0.717) is 39.1 Å². The van der Waals surface area contributed by atoms with E-state index in [1.165, 1.54) is 0 Å². The fraction of sp³-hybridized carbons (Fsp3) is 0.353. The van der Waals surface area contributed by atoms with Crippen LogP contribution in [-0.2, 0) is 27.1 Å². The van der Waals surface area contributed by atoms with E-state index in [-0.39, 0.29) is 30.1 Å². The number of ether oxygens (including phenoxy) is 2. The predicted molar refractivity (Wildman–Crippen MR) is 254 cm³/mol. The molecule has 4 aromatic carbocycles. The number of rotatable bonds is 16. The number of morpholine rings is 2. The van der Waals surface area contributed by atoms with Crippen LogP contribution in [0.1, 0.15) is 72.2 Å². The van der Waals surface area contributed by atoms with Crippen molar-refractivity contribution in [2.24, 2.45) is 0 Å². The number of hydrogen-bond acceptors (Lipinski definition) is 13. The molecule has 0 spiro atoms. The van der Waals surface area contributed by atoms with Crippen LogP contribution < -0.4 is 0 Å². The van der Waals surface area contributed by atoms with Crippen LogP contribution in [0.4, 0.5) is 0 Å². The summed E-state index contributed by atoms with van der Waals surface area (Å²) in [7, 11) is 0. The molecule has 0 aliphatic carbocycles. The smallest absolute Gasteiger partial charge is 0.176 e. The van der Waals surface area contributed by atoms with Crippen molar-refractivity contribution in [1.29, 1.82) is 0 Å². The van der Waals surface area contributed by atoms with E-state index in [4.69, 9.17) is 9.47 Å². The van der Waals surface area contributed by atoms with Crippen molar-refractivity contribution in [3.8, 4) is 22.7 Å². The van der Waals surface area contributed by atoms with Gasteiger partial charge in [0.15, 0.2) is 5.78 Å². The SMILES string of the molecule is CC[C@@H]1CN(C(C(=O)C(c2cc(C)ccc2-n2nccn2)N2C[C@@H](CC)OC[C@H]2Cc2cccc(-n3nccn3)c2)c2cc(C)ccc2-n2nccn2)[C@H](Cc2cccc(-n3nccn3)c2)CO1. The average Bonchev–Trinajstić information content (AvgIpc) is 4.23. The van der Waals surface area contributed by atoms with E-state index in [0.717, 1.165) is 69.0 Å². The maximum Gasteiger partial charge on any atom is 0.176 e. The molecule has 4 aromatic heterocycles. The quantitative estimate of drug-likeness (QED) is 0.104. The lowest BCUT2D eigenvalue weighted by molar-refractivity contribution is -0.145. The lowest BCUT2D eigenvalue weighted by atomic mass is 9.85. The molecule has 0 amide bonds. The highest BCUT2D eigenvalue weighted by atomic mass is 16.5. The van der Waals surface area contributed by atoms with Crippen molar-refractivity contribution in [2.75, 3.05) is 26.3 Å². The van der Waals surface area contributed by atoms with Gasteiger partial charge < -0.3 is 9.47 Å². The number of carbonyl (C=O) groups excluding carboxylic acids is 1. The number of hydrogen-bond donors (Lipinski definition) is 0. The second-order valence-corrected chi connectivity index (χ2v) is 17.8. The van der Waals surface area contributed by atoms with Crippen molar-refractivity contribution in [2.45, 2.75) is 89.8 Å². The van der Waals surface area contributed by atoms with Crippen molar-refractivity contribution in [1.82, 2.24) is 69.8 Å². The van der Waals surface area contributed by atoms with Crippen LogP contribution in [0.3, 0.4) is 0 Å². The number of benzene rings is 4. The van der Waals surface area contributed by atoms with E-state index in [2.05, 4.69) is 127 Å². The van der Waals surface area contributed by atoms with Crippen LogP contribution in [-0.4, -0.2) is 126 Å². The van der Waals surface area contributed by atoms with Gasteiger partial charge in [-0.15, -0.1) is 0 Å².